The molecule has 28 heavy (non-hydrogen) atoms. The zero-order valence-electron chi connectivity index (χ0n) is 16.3. The van der Waals surface area contributed by atoms with Crippen molar-refractivity contribution in [2.45, 2.75) is 27.7 Å². The fraction of sp³-hybridized carbons (Fsp3) is 0.174. The lowest BCUT2D eigenvalue weighted by Gasteiger charge is -2.07. The summed E-state index contributed by atoms with van der Waals surface area (Å²) in [5.41, 5.74) is 7.05. The Kier molecular flexibility index (Phi) is 6.28. The summed E-state index contributed by atoms with van der Waals surface area (Å²) in [6.07, 6.45) is 0. The van der Waals surface area contributed by atoms with Crippen molar-refractivity contribution in [2.24, 2.45) is 9.98 Å². The van der Waals surface area contributed by atoms with Gasteiger partial charge in [-0.05, 0) is 75.2 Å². The van der Waals surface area contributed by atoms with Gasteiger partial charge in [-0.3, -0.25) is 9.98 Å². The fourth-order valence-corrected chi connectivity index (χ4v) is 3.05. The summed E-state index contributed by atoms with van der Waals surface area (Å²) in [6, 6.07) is 17.2. The van der Waals surface area contributed by atoms with Gasteiger partial charge in [0.2, 0.25) is 0 Å². The van der Waals surface area contributed by atoms with Gasteiger partial charge in [-0.25, -0.2) is 4.98 Å². The number of benzene rings is 2. The Balaban J connectivity index is 1.95. The average molecular weight is 410 g/mol. The van der Waals surface area contributed by atoms with Crippen molar-refractivity contribution in [3.63, 3.8) is 0 Å². The lowest BCUT2D eigenvalue weighted by molar-refractivity contribution is 1.23. The van der Waals surface area contributed by atoms with Gasteiger partial charge in [-0.2, -0.15) is 0 Å². The molecule has 0 aliphatic rings. The van der Waals surface area contributed by atoms with E-state index in [2.05, 4.69) is 0 Å². The molecule has 0 unspecified atom stereocenters. The predicted molar refractivity (Wildman–Crippen MR) is 120 cm³/mol. The van der Waals surface area contributed by atoms with Gasteiger partial charge in [-0.15, -0.1) is 0 Å². The molecule has 0 fully saturated rings. The monoisotopic (exact) mass is 409 g/mol. The third-order valence-corrected chi connectivity index (χ3v) is 4.88. The first kappa shape index (κ1) is 20.2. The van der Waals surface area contributed by atoms with Crippen LogP contribution < -0.4 is 0 Å². The van der Waals surface area contributed by atoms with Gasteiger partial charge in [0, 0.05) is 10.0 Å². The number of aliphatic imine (C=N–C) groups is 2. The second-order valence-corrected chi connectivity index (χ2v) is 7.54. The Hall–Kier alpha value is -2.49. The van der Waals surface area contributed by atoms with Gasteiger partial charge < -0.3 is 0 Å². The second kappa shape index (κ2) is 8.68. The molecule has 0 aliphatic heterocycles. The summed E-state index contributed by atoms with van der Waals surface area (Å²) in [6.45, 7) is 7.91. The highest BCUT2D eigenvalue weighted by molar-refractivity contribution is 6.31. The summed E-state index contributed by atoms with van der Waals surface area (Å²) in [5, 5.41) is 1.33. The van der Waals surface area contributed by atoms with E-state index in [9.17, 15) is 0 Å². The fourth-order valence-electron chi connectivity index (χ4n) is 2.72. The van der Waals surface area contributed by atoms with Crippen LogP contribution in [0.25, 0.3) is 0 Å². The Morgan fingerprint density at radius 3 is 1.57 bits per heavy atom. The molecule has 5 heteroatoms. The van der Waals surface area contributed by atoms with Crippen molar-refractivity contribution in [3.05, 3.63) is 87.2 Å². The molecular weight excluding hydrogens is 389 g/mol. The minimum absolute atomic E-state index is 0.665. The number of aromatic nitrogens is 1. The smallest absolute Gasteiger partial charge is 0.0849 e. The van der Waals surface area contributed by atoms with Crippen LogP contribution in [-0.2, 0) is 0 Å². The van der Waals surface area contributed by atoms with Crippen LogP contribution in [0.5, 0.6) is 0 Å². The van der Waals surface area contributed by atoms with E-state index in [4.69, 9.17) is 38.2 Å². The van der Waals surface area contributed by atoms with Gasteiger partial charge in [-0.1, -0.05) is 41.4 Å². The Morgan fingerprint density at radius 2 is 1.14 bits per heavy atom. The molecule has 0 atom stereocenters. The molecule has 3 rings (SSSR count). The topological polar surface area (TPSA) is 37.6 Å². The van der Waals surface area contributed by atoms with Crippen molar-refractivity contribution in [2.75, 3.05) is 0 Å². The van der Waals surface area contributed by atoms with Crippen molar-refractivity contribution in [1.82, 2.24) is 4.98 Å². The SMILES string of the molecule is CC(=Nc1cc(Cl)ccc1C)c1cccc(C(C)=Nc2cc(Cl)ccc2C)n1. The van der Waals surface area contributed by atoms with Crippen LogP contribution in [0.1, 0.15) is 36.4 Å². The molecule has 0 radical (unpaired) electrons. The minimum Gasteiger partial charge on any atom is -0.251 e. The summed E-state index contributed by atoms with van der Waals surface area (Å²) >= 11 is 12.2. The van der Waals surface area contributed by atoms with E-state index in [1.54, 1.807) is 0 Å². The number of hydrogen-bond acceptors (Lipinski definition) is 3. The number of nitrogens with zero attached hydrogens (tertiary/aromatic N) is 3. The molecule has 2 aromatic carbocycles. The average Bonchev–Trinajstić information content (AvgIpc) is 2.67. The largest absolute Gasteiger partial charge is 0.251 e. The Morgan fingerprint density at radius 1 is 0.714 bits per heavy atom. The van der Waals surface area contributed by atoms with Gasteiger partial charge in [0.05, 0.1) is 34.2 Å². The zero-order chi connectivity index (χ0) is 20.3. The third-order valence-electron chi connectivity index (χ3n) is 4.41. The van der Waals surface area contributed by atoms with E-state index >= 15 is 0 Å². The molecule has 142 valence electrons. The van der Waals surface area contributed by atoms with Crippen molar-refractivity contribution < 1.29 is 0 Å². The van der Waals surface area contributed by atoms with Gasteiger partial charge in [0.25, 0.3) is 0 Å². The number of hydrogen-bond donors (Lipinski definition) is 0. The molecule has 1 aromatic heterocycles. The molecule has 3 nitrogen and oxygen atoms in total. The number of rotatable bonds is 4. The quantitative estimate of drug-likeness (QED) is 0.416. The Labute approximate surface area is 175 Å². The van der Waals surface area contributed by atoms with E-state index in [1.165, 1.54) is 0 Å². The highest BCUT2D eigenvalue weighted by Gasteiger charge is 2.07. The van der Waals surface area contributed by atoms with Crippen LogP contribution in [0, 0.1) is 13.8 Å². The van der Waals surface area contributed by atoms with E-state index in [1.807, 2.05) is 82.3 Å². The maximum absolute atomic E-state index is 6.10. The maximum atomic E-state index is 6.10. The molecule has 0 amide bonds. The standard InChI is InChI=1S/C23H21Cl2N3/c1-14-8-10-18(24)12-22(14)26-16(3)20-6-5-7-21(28-20)17(4)27-23-13-19(25)11-9-15(23)2/h5-13H,1-4H3. The molecule has 0 aliphatic carbocycles. The van der Waals surface area contributed by atoms with E-state index in [-0.39, 0.29) is 0 Å². The Bertz CT molecular complexity index is 1000. The number of aryl methyl sites for hydroxylation is 2. The summed E-state index contributed by atoms with van der Waals surface area (Å²) in [5.74, 6) is 0. The molecule has 0 saturated carbocycles. The molecule has 1 heterocycles. The number of pyridine rings is 1. The van der Waals surface area contributed by atoms with Crippen molar-refractivity contribution in [1.29, 1.82) is 0 Å². The summed E-state index contributed by atoms with van der Waals surface area (Å²) in [7, 11) is 0. The first-order valence-corrected chi connectivity index (χ1v) is 9.70. The molecule has 0 spiro atoms. The molecule has 0 saturated heterocycles. The van der Waals surface area contributed by atoms with E-state index in [0.717, 1.165) is 45.3 Å². The van der Waals surface area contributed by atoms with Gasteiger partial charge >= 0.3 is 0 Å². The van der Waals surface area contributed by atoms with Gasteiger partial charge in [0.1, 0.15) is 0 Å². The van der Waals surface area contributed by atoms with Crippen LogP contribution in [-0.4, -0.2) is 16.4 Å². The highest BCUT2D eigenvalue weighted by Crippen LogP contribution is 2.25. The highest BCUT2D eigenvalue weighted by atomic mass is 35.5. The molecular formula is C23H21Cl2N3. The van der Waals surface area contributed by atoms with Crippen LogP contribution in [0.4, 0.5) is 11.4 Å². The minimum atomic E-state index is 0.665. The first-order chi connectivity index (χ1) is 13.3. The first-order valence-electron chi connectivity index (χ1n) is 8.94. The molecule has 0 N–H and O–H groups in total. The lowest BCUT2D eigenvalue weighted by Crippen LogP contribution is -2.05. The van der Waals surface area contributed by atoms with Crippen LogP contribution >= 0.6 is 23.2 Å². The maximum Gasteiger partial charge on any atom is 0.0849 e. The molecule has 0 bridgehead atoms. The second-order valence-electron chi connectivity index (χ2n) is 6.66. The van der Waals surface area contributed by atoms with Crippen LogP contribution in [0.2, 0.25) is 10.0 Å². The van der Waals surface area contributed by atoms with Crippen molar-refractivity contribution in [3.8, 4) is 0 Å². The summed E-state index contributed by atoms with van der Waals surface area (Å²) in [4.78, 5) is 14.2. The normalized spacial score (nSPS) is 12.4. The van der Waals surface area contributed by atoms with Crippen LogP contribution in [0.3, 0.4) is 0 Å². The van der Waals surface area contributed by atoms with E-state index < -0.39 is 0 Å². The third kappa shape index (κ3) is 4.86. The predicted octanol–water partition coefficient (Wildman–Crippen LogP) is 7.29. The van der Waals surface area contributed by atoms with Crippen LogP contribution in [0.15, 0.2) is 64.6 Å². The summed E-state index contributed by atoms with van der Waals surface area (Å²) < 4.78 is 0. The molecule has 3 aromatic rings. The number of halogens is 2. The van der Waals surface area contributed by atoms with Crippen molar-refractivity contribution >= 4 is 46.0 Å². The van der Waals surface area contributed by atoms with E-state index in [0.29, 0.717) is 10.0 Å². The zero-order valence-corrected chi connectivity index (χ0v) is 17.8. The van der Waals surface area contributed by atoms with Gasteiger partial charge in [0.15, 0.2) is 0 Å². The lowest BCUT2D eigenvalue weighted by atomic mass is 10.1.